The lowest BCUT2D eigenvalue weighted by Crippen LogP contribution is -2.51. The molecule has 0 radical (unpaired) electrons. The van der Waals surface area contributed by atoms with Gasteiger partial charge >= 0.3 is 0 Å². The smallest absolute Gasteiger partial charge is 0.224 e. The monoisotopic (exact) mass is 281 g/mol. The van der Waals surface area contributed by atoms with Crippen LogP contribution in [-0.2, 0) is 9.59 Å². The number of carbonyl (C=O) groups excluding carboxylic acids is 2. The van der Waals surface area contributed by atoms with Crippen molar-refractivity contribution in [3.8, 4) is 0 Å². The molecule has 5 heteroatoms. The summed E-state index contributed by atoms with van der Waals surface area (Å²) in [4.78, 5) is 28.0. The molecule has 2 aliphatic rings. The van der Waals surface area contributed by atoms with Gasteiger partial charge in [0.2, 0.25) is 11.8 Å². The Labute approximate surface area is 121 Å². The summed E-state index contributed by atoms with van der Waals surface area (Å²) in [6, 6.07) is 0.364. The van der Waals surface area contributed by atoms with Crippen molar-refractivity contribution < 1.29 is 9.59 Å². The van der Waals surface area contributed by atoms with Crippen molar-refractivity contribution in [3.05, 3.63) is 0 Å². The van der Waals surface area contributed by atoms with Gasteiger partial charge in [-0.25, -0.2) is 0 Å². The van der Waals surface area contributed by atoms with Crippen molar-refractivity contribution in [2.75, 3.05) is 32.7 Å². The molecule has 2 fully saturated rings. The van der Waals surface area contributed by atoms with E-state index in [1.165, 1.54) is 6.42 Å². The second kappa shape index (κ2) is 7.07. The number of carbonyl (C=O) groups is 2. The number of nitrogens with zero attached hydrogens (tertiary/aromatic N) is 2. The first kappa shape index (κ1) is 15.3. The van der Waals surface area contributed by atoms with Crippen LogP contribution in [0.25, 0.3) is 0 Å². The van der Waals surface area contributed by atoms with Gasteiger partial charge in [0.05, 0.1) is 0 Å². The first-order chi connectivity index (χ1) is 9.56. The molecule has 20 heavy (non-hydrogen) atoms. The lowest BCUT2D eigenvalue weighted by molar-refractivity contribution is -0.140. The maximum Gasteiger partial charge on any atom is 0.224 e. The molecule has 0 bridgehead atoms. The van der Waals surface area contributed by atoms with E-state index in [4.69, 9.17) is 0 Å². The highest BCUT2D eigenvalue weighted by molar-refractivity contribution is 5.79. The number of hydrogen-bond donors (Lipinski definition) is 1. The van der Waals surface area contributed by atoms with Crippen molar-refractivity contribution in [2.24, 2.45) is 5.92 Å². The third-order valence-corrected chi connectivity index (χ3v) is 4.15. The first-order valence-corrected chi connectivity index (χ1v) is 7.85. The van der Waals surface area contributed by atoms with Gasteiger partial charge in [0.25, 0.3) is 0 Å². The quantitative estimate of drug-likeness (QED) is 0.831. The second-order valence-electron chi connectivity index (χ2n) is 6.36. The Kier molecular flexibility index (Phi) is 5.40. The fourth-order valence-electron chi connectivity index (χ4n) is 2.95. The zero-order valence-corrected chi connectivity index (χ0v) is 12.7. The van der Waals surface area contributed by atoms with E-state index < -0.39 is 0 Å². The summed E-state index contributed by atoms with van der Waals surface area (Å²) < 4.78 is 0. The number of hydrogen-bond acceptors (Lipinski definition) is 3. The van der Waals surface area contributed by atoms with Gasteiger partial charge in [-0.3, -0.25) is 9.59 Å². The van der Waals surface area contributed by atoms with Crippen LogP contribution in [0, 0.1) is 5.92 Å². The van der Waals surface area contributed by atoms with Crippen molar-refractivity contribution in [2.45, 2.75) is 45.6 Å². The van der Waals surface area contributed by atoms with Crippen molar-refractivity contribution in [1.29, 1.82) is 0 Å². The highest BCUT2D eigenvalue weighted by Gasteiger charge is 2.26. The molecule has 2 saturated heterocycles. The normalized spacial score (nSPS) is 23.4. The molecule has 1 N–H and O–H groups in total. The summed E-state index contributed by atoms with van der Waals surface area (Å²) in [6.07, 6.45) is 3.51. The summed E-state index contributed by atoms with van der Waals surface area (Å²) in [5.41, 5.74) is 0. The summed E-state index contributed by atoms with van der Waals surface area (Å²) in [7, 11) is 0. The van der Waals surface area contributed by atoms with E-state index in [1.54, 1.807) is 0 Å². The van der Waals surface area contributed by atoms with Crippen LogP contribution < -0.4 is 5.32 Å². The molecule has 2 heterocycles. The fraction of sp³-hybridized carbons (Fsp3) is 0.867. The van der Waals surface area contributed by atoms with Crippen LogP contribution in [0.15, 0.2) is 0 Å². The predicted octanol–water partition coefficient (Wildman–Crippen LogP) is 0.845. The zero-order chi connectivity index (χ0) is 14.5. The molecule has 5 nitrogen and oxygen atoms in total. The van der Waals surface area contributed by atoms with E-state index in [2.05, 4.69) is 19.2 Å². The molecule has 0 saturated carbocycles. The largest absolute Gasteiger partial charge is 0.339 e. The van der Waals surface area contributed by atoms with E-state index in [9.17, 15) is 9.59 Å². The van der Waals surface area contributed by atoms with E-state index in [0.717, 1.165) is 13.0 Å². The molecule has 2 rings (SSSR count). The van der Waals surface area contributed by atoms with Crippen LogP contribution in [0.1, 0.15) is 39.5 Å². The van der Waals surface area contributed by atoms with Crippen LogP contribution in [-0.4, -0.2) is 60.4 Å². The molecule has 0 spiro atoms. The number of piperazine rings is 1. The predicted molar refractivity (Wildman–Crippen MR) is 78.3 cm³/mol. The second-order valence-corrected chi connectivity index (χ2v) is 6.36. The highest BCUT2D eigenvalue weighted by Crippen LogP contribution is 2.13. The lowest BCUT2D eigenvalue weighted by atomic mass is 10.1. The van der Waals surface area contributed by atoms with E-state index in [1.807, 2.05) is 9.80 Å². The summed E-state index contributed by atoms with van der Waals surface area (Å²) >= 11 is 0. The zero-order valence-electron chi connectivity index (χ0n) is 12.7. The van der Waals surface area contributed by atoms with Gasteiger partial charge in [0, 0.05) is 45.1 Å². The minimum atomic E-state index is 0.226. The Bertz CT molecular complexity index is 343. The van der Waals surface area contributed by atoms with Crippen LogP contribution >= 0.6 is 0 Å². The third-order valence-electron chi connectivity index (χ3n) is 4.15. The Hall–Kier alpha value is -1.10. The highest BCUT2D eigenvalue weighted by atomic mass is 16.2. The van der Waals surface area contributed by atoms with Gasteiger partial charge in [-0.2, -0.15) is 0 Å². The average molecular weight is 281 g/mol. The molecule has 0 aromatic carbocycles. The molecule has 2 aliphatic heterocycles. The maximum absolute atomic E-state index is 12.2. The van der Waals surface area contributed by atoms with Crippen LogP contribution in [0.2, 0.25) is 0 Å². The van der Waals surface area contributed by atoms with Gasteiger partial charge in [-0.1, -0.05) is 13.8 Å². The van der Waals surface area contributed by atoms with Gasteiger partial charge in [0.1, 0.15) is 0 Å². The van der Waals surface area contributed by atoms with Crippen molar-refractivity contribution >= 4 is 11.8 Å². The maximum atomic E-state index is 12.2. The molecular formula is C15H27N3O2. The van der Waals surface area contributed by atoms with Crippen LogP contribution in [0.5, 0.6) is 0 Å². The van der Waals surface area contributed by atoms with Crippen LogP contribution in [0.4, 0.5) is 0 Å². The molecule has 0 aliphatic carbocycles. The van der Waals surface area contributed by atoms with E-state index >= 15 is 0 Å². The van der Waals surface area contributed by atoms with Gasteiger partial charge in [-0.15, -0.1) is 0 Å². The first-order valence-electron chi connectivity index (χ1n) is 7.85. The minimum absolute atomic E-state index is 0.226. The fourth-order valence-corrected chi connectivity index (χ4v) is 2.95. The Morgan fingerprint density at radius 3 is 2.20 bits per heavy atom. The lowest BCUT2D eigenvalue weighted by Gasteiger charge is -2.35. The summed E-state index contributed by atoms with van der Waals surface area (Å²) in [5.74, 6) is 0.862. The topological polar surface area (TPSA) is 52.7 Å². The average Bonchev–Trinajstić information content (AvgIpc) is 2.91. The minimum Gasteiger partial charge on any atom is -0.339 e. The Balaban J connectivity index is 1.73. The SMILES string of the molecule is CC(C)CC(=O)N1CCN(C(=O)CC2CCCN2)CC1. The summed E-state index contributed by atoms with van der Waals surface area (Å²) in [6.45, 7) is 7.92. The van der Waals surface area contributed by atoms with Gasteiger partial charge < -0.3 is 15.1 Å². The van der Waals surface area contributed by atoms with Gasteiger partial charge in [0.15, 0.2) is 0 Å². The summed E-state index contributed by atoms with van der Waals surface area (Å²) in [5, 5.41) is 3.36. The standard InChI is InChI=1S/C15H27N3O2/c1-12(2)10-14(19)17-6-8-18(9-7-17)15(20)11-13-4-3-5-16-13/h12-13,16H,3-11H2,1-2H3. The molecule has 0 aromatic heterocycles. The van der Waals surface area contributed by atoms with E-state index in [-0.39, 0.29) is 11.8 Å². The molecule has 2 amide bonds. The molecule has 0 aromatic rings. The third kappa shape index (κ3) is 4.20. The Morgan fingerprint density at radius 2 is 1.70 bits per heavy atom. The Morgan fingerprint density at radius 1 is 1.10 bits per heavy atom. The molecule has 1 unspecified atom stereocenters. The number of rotatable bonds is 4. The van der Waals surface area contributed by atoms with Crippen molar-refractivity contribution in [3.63, 3.8) is 0 Å². The molecular weight excluding hydrogens is 254 g/mol. The molecule has 1 atom stereocenters. The van der Waals surface area contributed by atoms with Crippen LogP contribution in [0.3, 0.4) is 0 Å². The number of nitrogens with one attached hydrogen (secondary N) is 1. The van der Waals surface area contributed by atoms with E-state index in [0.29, 0.717) is 51.0 Å². The number of amides is 2. The van der Waals surface area contributed by atoms with Gasteiger partial charge in [-0.05, 0) is 25.3 Å². The van der Waals surface area contributed by atoms with Crippen molar-refractivity contribution in [1.82, 2.24) is 15.1 Å². The molecule has 114 valence electrons.